The Kier molecular flexibility index (Phi) is 7.72. The second-order valence-electron chi connectivity index (χ2n) is 7.23. The smallest absolute Gasteiger partial charge is 0.240 e. The van der Waals surface area contributed by atoms with Crippen LogP contribution in [-0.2, 0) is 9.59 Å². The van der Waals surface area contributed by atoms with Crippen molar-refractivity contribution in [2.24, 2.45) is 0 Å². The van der Waals surface area contributed by atoms with Gasteiger partial charge in [-0.2, -0.15) is 0 Å². The molecule has 0 unspecified atom stereocenters. The van der Waals surface area contributed by atoms with Crippen LogP contribution in [0.5, 0.6) is 0 Å². The van der Waals surface area contributed by atoms with E-state index in [1.807, 2.05) is 44.6 Å². The normalized spacial score (nSPS) is 11.8. The number of nitrogens with zero attached hydrogens (tertiary/aromatic N) is 6. The highest BCUT2D eigenvalue weighted by molar-refractivity contribution is 7.25. The number of hydrogen-bond donors (Lipinski definition) is 0. The van der Waals surface area contributed by atoms with E-state index in [0.29, 0.717) is 41.5 Å². The maximum Gasteiger partial charge on any atom is 0.240 e. The Morgan fingerprint density at radius 1 is 0.781 bits per heavy atom. The number of hydrogen-bond acceptors (Lipinski definition) is 8. The average Bonchev–Trinajstić information content (AvgIpc) is 3.38. The van der Waals surface area contributed by atoms with Gasteiger partial charge >= 0.3 is 0 Å². The first-order valence-electron chi connectivity index (χ1n) is 10.7. The number of amides is 2. The van der Waals surface area contributed by atoms with E-state index in [4.69, 9.17) is 21.6 Å². The molecule has 2 aromatic heterocycles. The van der Waals surface area contributed by atoms with Crippen LogP contribution in [0.15, 0.2) is 0 Å². The van der Waals surface area contributed by atoms with E-state index in [2.05, 4.69) is 0 Å². The minimum absolute atomic E-state index is 0.0972. The summed E-state index contributed by atoms with van der Waals surface area (Å²) < 4.78 is 1.63. The molecule has 0 aliphatic heterocycles. The van der Waals surface area contributed by atoms with E-state index >= 15 is 0 Å². The second kappa shape index (κ2) is 9.96. The summed E-state index contributed by atoms with van der Waals surface area (Å²) in [5.41, 5.74) is 2.35. The molecule has 1 aromatic carbocycles. The van der Waals surface area contributed by atoms with Crippen LogP contribution >= 0.6 is 34.3 Å². The van der Waals surface area contributed by atoms with E-state index in [-0.39, 0.29) is 11.8 Å². The number of aromatic nitrogens is 2. The molecule has 0 saturated heterocycles. The molecule has 0 fully saturated rings. The van der Waals surface area contributed by atoms with Crippen LogP contribution in [0.4, 0.5) is 10.3 Å². The number of carbonyl (C=O) groups excluding carboxylic acids is 2. The van der Waals surface area contributed by atoms with Gasteiger partial charge in [0.1, 0.15) is 0 Å². The number of halogens is 1. The Balaban J connectivity index is 2.21. The minimum atomic E-state index is -0.0972. The highest BCUT2D eigenvalue weighted by Crippen LogP contribution is 2.45. The van der Waals surface area contributed by atoms with Crippen LogP contribution in [0.2, 0.25) is 5.02 Å². The zero-order valence-corrected chi connectivity index (χ0v) is 21.9. The number of fused-ring (bicyclic) bond motifs is 2. The van der Waals surface area contributed by atoms with Gasteiger partial charge in [-0.15, -0.1) is 0 Å². The van der Waals surface area contributed by atoms with Crippen molar-refractivity contribution in [2.75, 3.05) is 36.2 Å². The molecule has 0 spiro atoms. The summed E-state index contributed by atoms with van der Waals surface area (Å²) in [4.78, 5) is 34.4. The van der Waals surface area contributed by atoms with Crippen LogP contribution < -0.4 is 10.0 Å². The summed E-state index contributed by atoms with van der Waals surface area (Å²) in [6, 6.07) is 0. The number of benzene rings is 1. The fourth-order valence-electron chi connectivity index (χ4n) is 3.74. The Hall–Kier alpha value is -1.85. The summed E-state index contributed by atoms with van der Waals surface area (Å²) in [5, 5.41) is 8.85. The van der Waals surface area contributed by atoms with Crippen molar-refractivity contribution in [2.45, 2.75) is 48.5 Å². The van der Waals surface area contributed by atoms with E-state index in [9.17, 15) is 9.59 Å². The molecular weight excluding hydrogens is 468 g/mol. The number of carbonyl (C=O) groups is 2. The molecule has 3 aromatic rings. The topological polar surface area (TPSA) is 72.9 Å². The van der Waals surface area contributed by atoms with Gasteiger partial charge in [0, 0.05) is 45.6 Å². The third-order valence-corrected chi connectivity index (χ3v) is 8.02. The highest BCUT2D eigenvalue weighted by Gasteiger charge is 2.27. The van der Waals surface area contributed by atoms with Gasteiger partial charge in [-0.1, -0.05) is 62.0 Å². The van der Waals surface area contributed by atoms with Gasteiger partial charge < -0.3 is 0 Å². The standard InChI is InChI=1S/C21H29ClN6O2S2/c1-8-25(9-2)27(13(6)29)20-23-16-12(5)17-19(15(22)18(16)31-20)32-21(24-17)28(14(7)30)26(10-3)11-4/h8-11H2,1-7H3. The van der Waals surface area contributed by atoms with Crippen molar-refractivity contribution in [1.82, 2.24) is 20.0 Å². The monoisotopic (exact) mass is 496 g/mol. The van der Waals surface area contributed by atoms with Crippen molar-refractivity contribution in [1.29, 1.82) is 0 Å². The van der Waals surface area contributed by atoms with Crippen molar-refractivity contribution in [3.05, 3.63) is 10.6 Å². The molecule has 0 radical (unpaired) electrons. The molecule has 0 bridgehead atoms. The zero-order valence-electron chi connectivity index (χ0n) is 19.5. The van der Waals surface area contributed by atoms with Gasteiger partial charge in [0.05, 0.1) is 25.5 Å². The van der Waals surface area contributed by atoms with Crippen molar-refractivity contribution >= 4 is 76.8 Å². The van der Waals surface area contributed by atoms with Crippen molar-refractivity contribution in [3.8, 4) is 0 Å². The number of thiazole rings is 2. The highest BCUT2D eigenvalue weighted by atomic mass is 35.5. The van der Waals surface area contributed by atoms with Gasteiger partial charge in [0.25, 0.3) is 0 Å². The molecule has 2 heterocycles. The third-order valence-electron chi connectivity index (χ3n) is 5.33. The average molecular weight is 497 g/mol. The number of aryl methyl sites for hydroxylation is 1. The van der Waals surface area contributed by atoms with Crippen LogP contribution in [0.3, 0.4) is 0 Å². The van der Waals surface area contributed by atoms with E-state index in [1.165, 1.54) is 36.5 Å². The Bertz CT molecular complexity index is 1010. The first-order valence-corrected chi connectivity index (χ1v) is 12.7. The lowest BCUT2D eigenvalue weighted by Gasteiger charge is -2.30. The fourth-order valence-corrected chi connectivity index (χ4v) is 6.49. The number of rotatable bonds is 8. The van der Waals surface area contributed by atoms with Crippen LogP contribution in [0.1, 0.15) is 47.1 Å². The van der Waals surface area contributed by atoms with Gasteiger partial charge in [-0.25, -0.2) is 30.0 Å². The first kappa shape index (κ1) is 24.8. The first-order chi connectivity index (χ1) is 15.2. The lowest BCUT2D eigenvalue weighted by Crippen LogP contribution is -2.45. The summed E-state index contributed by atoms with van der Waals surface area (Å²) in [7, 11) is 0. The third kappa shape index (κ3) is 4.22. The number of hydrazine groups is 2. The molecule has 0 saturated carbocycles. The molecule has 3 rings (SSSR count). The Labute approximate surface area is 201 Å². The molecule has 0 aliphatic rings. The SMILES string of the molecule is CCN(CC)N(C(C)=O)c1nc2c(C)c3nc(N(C(C)=O)N(CC)CC)sc3c(Cl)c2s1. The predicted molar refractivity (Wildman–Crippen MR) is 135 cm³/mol. The van der Waals surface area contributed by atoms with Gasteiger partial charge in [-0.3, -0.25) is 9.59 Å². The Morgan fingerprint density at radius 3 is 1.41 bits per heavy atom. The molecule has 0 aliphatic carbocycles. The lowest BCUT2D eigenvalue weighted by molar-refractivity contribution is -0.120. The molecule has 32 heavy (non-hydrogen) atoms. The Morgan fingerprint density at radius 2 is 1.12 bits per heavy atom. The predicted octanol–water partition coefficient (Wildman–Crippen LogP) is 5.09. The van der Waals surface area contributed by atoms with Crippen LogP contribution in [-0.4, -0.2) is 58.0 Å². The maximum atomic E-state index is 12.4. The van der Waals surface area contributed by atoms with E-state index < -0.39 is 0 Å². The van der Waals surface area contributed by atoms with Crippen LogP contribution in [0.25, 0.3) is 20.4 Å². The molecular formula is C21H29ClN6O2S2. The lowest BCUT2D eigenvalue weighted by atomic mass is 10.2. The van der Waals surface area contributed by atoms with Crippen molar-refractivity contribution in [3.63, 3.8) is 0 Å². The van der Waals surface area contributed by atoms with Gasteiger partial charge in [0.15, 0.2) is 0 Å². The molecule has 0 atom stereocenters. The molecule has 0 N–H and O–H groups in total. The second-order valence-corrected chi connectivity index (χ2v) is 9.56. The van der Waals surface area contributed by atoms with Gasteiger partial charge in [0.2, 0.25) is 22.1 Å². The molecule has 2 amide bonds. The number of anilines is 2. The summed E-state index contributed by atoms with van der Waals surface area (Å²) >= 11 is 9.63. The van der Waals surface area contributed by atoms with Crippen LogP contribution in [0, 0.1) is 6.92 Å². The minimum Gasteiger partial charge on any atom is -0.273 e. The zero-order chi connectivity index (χ0) is 23.7. The maximum absolute atomic E-state index is 12.4. The molecule has 8 nitrogen and oxygen atoms in total. The molecule has 174 valence electrons. The summed E-state index contributed by atoms with van der Waals surface area (Å²) in [6.07, 6.45) is 0. The van der Waals surface area contributed by atoms with E-state index in [1.54, 1.807) is 10.0 Å². The molecule has 11 heteroatoms. The quantitative estimate of drug-likeness (QED) is 0.404. The van der Waals surface area contributed by atoms with E-state index in [0.717, 1.165) is 26.0 Å². The summed E-state index contributed by atoms with van der Waals surface area (Å²) in [6.45, 7) is 15.8. The summed E-state index contributed by atoms with van der Waals surface area (Å²) in [5.74, 6) is -0.194. The van der Waals surface area contributed by atoms with Crippen molar-refractivity contribution < 1.29 is 9.59 Å². The largest absolute Gasteiger partial charge is 0.273 e. The fraction of sp³-hybridized carbons (Fsp3) is 0.524. The van der Waals surface area contributed by atoms with Gasteiger partial charge in [-0.05, 0) is 6.92 Å².